The number of benzene rings is 2. The molecular weight excluding hydrogens is 286 g/mol. The highest BCUT2D eigenvalue weighted by molar-refractivity contribution is 6.33. The molecule has 0 spiro atoms. The Morgan fingerprint density at radius 1 is 1.10 bits per heavy atom. The molecule has 104 valence electrons. The van der Waals surface area contributed by atoms with Crippen molar-refractivity contribution < 1.29 is 13.6 Å². The quantitative estimate of drug-likeness (QED) is 0.904. The molecule has 1 amide bonds. The fourth-order valence-corrected chi connectivity index (χ4v) is 1.77. The second-order valence-corrected chi connectivity index (χ2v) is 4.41. The van der Waals surface area contributed by atoms with Gasteiger partial charge in [-0.1, -0.05) is 23.7 Å². The molecule has 0 aromatic heterocycles. The maximum Gasteiger partial charge on any atom is 0.243 e. The van der Waals surface area contributed by atoms with Crippen molar-refractivity contribution in [3.8, 4) is 0 Å². The maximum absolute atomic E-state index is 13.3. The molecule has 0 heterocycles. The molecule has 0 saturated carbocycles. The van der Waals surface area contributed by atoms with Crippen LogP contribution in [-0.4, -0.2) is 12.5 Å². The van der Waals surface area contributed by atoms with Crippen molar-refractivity contribution in [1.29, 1.82) is 0 Å². The topological polar surface area (TPSA) is 41.1 Å². The second kappa shape index (κ2) is 6.34. The second-order valence-electron chi connectivity index (χ2n) is 4.01. The van der Waals surface area contributed by atoms with Gasteiger partial charge in [0.1, 0.15) is 11.6 Å². The Morgan fingerprint density at radius 2 is 1.85 bits per heavy atom. The number of para-hydroxylation sites is 1. The molecule has 6 heteroatoms. The molecule has 0 bridgehead atoms. The van der Waals surface area contributed by atoms with Crippen LogP contribution in [0.1, 0.15) is 0 Å². The minimum Gasteiger partial charge on any atom is -0.375 e. The largest absolute Gasteiger partial charge is 0.375 e. The lowest BCUT2D eigenvalue weighted by atomic mass is 10.3. The molecule has 0 aliphatic heterocycles. The number of carbonyl (C=O) groups is 1. The average molecular weight is 297 g/mol. The van der Waals surface area contributed by atoms with E-state index in [4.69, 9.17) is 11.6 Å². The number of anilines is 2. The van der Waals surface area contributed by atoms with E-state index in [2.05, 4.69) is 10.6 Å². The molecule has 0 atom stereocenters. The zero-order valence-electron chi connectivity index (χ0n) is 10.3. The van der Waals surface area contributed by atoms with Crippen LogP contribution in [-0.2, 0) is 4.79 Å². The average Bonchev–Trinajstić information content (AvgIpc) is 2.41. The number of hydrogen-bond donors (Lipinski definition) is 2. The molecule has 2 rings (SSSR count). The molecule has 0 saturated heterocycles. The van der Waals surface area contributed by atoms with Crippen LogP contribution >= 0.6 is 11.6 Å². The van der Waals surface area contributed by atoms with Crippen LogP contribution < -0.4 is 10.6 Å². The maximum atomic E-state index is 13.3. The Bertz CT molecular complexity index is 634. The SMILES string of the molecule is O=C(CNc1ccccc1Cl)Nc1ccc(F)cc1F. The summed E-state index contributed by atoms with van der Waals surface area (Å²) in [5.74, 6) is -1.98. The lowest BCUT2D eigenvalue weighted by molar-refractivity contribution is -0.114. The predicted octanol–water partition coefficient (Wildman–Crippen LogP) is 3.67. The van der Waals surface area contributed by atoms with E-state index in [-0.39, 0.29) is 12.2 Å². The Balaban J connectivity index is 1.94. The summed E-state index contributed by atoms with van der Waals surface area (Å²) >= 11 is 5.91. The van der Waals surface area contributed by atoms with Gasteiger partial charge in [0.15, 0.2) is 0 Å². The standard InChI is InChI=1S/C14H11ClF2N2O/c15-10-3-1-2-4-12(10)18-8-14(20)19-13-6-5-9(16)7-11(13)17/h1-7,18H,8H2,(H,19,20). The summed E-state index contributed by atoms with van der Waals surface area (Å²) in [6, 6.07) is 9.87. The van der Waals surface area contributed by atoms with Crippen molar-refractivity contribution >= 4 is 28.9 Å². The summed E-state index contributed by atoms with van der Waals surface area (Å²) < 4.78 is 26.1. The van der Waals surface area contributed by atoms with Gasteiger partial charge in [0.25, 0.3) is 0 Å². The molecule has 0 aliphatic rings. The molecule has 2 aromatic carbocycles. The van der Waals surface area contributed by atoms with Gasteiger partial charge in [0.05, 0.1) is 22.9 Å². The number of amides is 1. The summed E-state index contributed by atoms with van der Waals surface area (Å²) in [6.07, 6.45) is 0. The third-order valence-electron chi connectivity index (χ3n) is 2.52. The van der Waals surface area contributed by atoms with Crippen molar-refractivity contribution in [2.75, 3.05) is 17.2 Å². The van der Waals surface area contributed by atoms with Crippen molar-refractivity contribution in [2.24, 2.45) is 0 Å². The zero-order chi connectivity index (χ0) is 14.5. The summed E-state index contributed by atoms with van der Waals surface area (Å²) in [5, 5.41) is 5.64. The van der Waals surface area contributed by atoms with Crippen LogP contribution in [0.4, 0.5) is 20.2 Å². The van der Waals surface area contributed by atoms with Gasteiger partial charge < -0.3 is 10.6 Å². The van der Waals surface area contributed by atoms with Crippen molar-refractivity contribution in [2.45, 2.75) is 0 Å². The van der Waals surface area contributed by atoms with E-state index in [1.807, 2.05) is 0 Å². The van der Waals surface area contributed by atoms with Gasteiger partial charge in [-0.3, -0.25) is 4.79 Å². The summed E-state index contributed by atoms with van der Waals surface area (Å²) in [6.45, 7) is -0.0828. The van der Waals surface area contributed by atoms with E-state index in [1.54, 1.807) is 24.3 Å². The van der Waals surface area contributed by atoms with Crippen LogP contribution in [0, 0.1) is 11.6 Å². The van der Waals surface area contributed by atoms with Crippen LogP contribution in [0.5, 0.6) is 0 Å². The Hall–Kier alpha value is -2.14. The molecule has 2 N–H and O–H groups in total. The first-order valence-corrected chi connectivity index (χ1v) is 6.17. The Labute approximate surface area is 119 Å². The number of carbonyl (C=O) groups excluding carboxylic acids is 1. The van der Waals surface area contributed by atoms with E-state index in [0.717, 1.165) is 12.1 Å². The molecule has 0 fully saturated rings. The zero-order valence-corrected chi connectivity index (χ0v) is 11.0. The summed E-state index contributed by atoms with van der Waals surface area (Å²) in [7, 11) is 0. The molecule has 20 heavy (non-hydrogen) atoms. The van der Waals surface area contributed by atoms with E-state index in [9.17, 15) is 13.6 Å². The van der Waals surface area contributed by atoms with Crippen molar-refractivity contribution in [3.63, 3.8) is 0 Å². The van der Waals surface area contributed by atoms with Gasteiger partial charge in [0.2, 0.25) is 5.91 Å². The predicted molar refractivity (Wildman–Crippen MR) is 74.9 cm³/mol. The van der Waals surface area contributed by atoms with Gasteiger partial charge in [-0.2, -0.15) is 0 Å². The number of halogens is 3. The molecule has 0 radical (unpaired) electrons. The highest BCUT2D eigenvalue weighted by Crippen LogP contribution is 2.20. The van der Waals surface area contributed by atoms with Gasteiger partial charge in [-0.25, -0.2) is 8.78 Å². The molecular formula is C14H11ClF2N2O. The summed E-state index contributed by atoms with van der Waals surface area (Å²) in [5.41, 5.74) is 0.529. The van der Waals surface area contributed by atoms with Crippen LogP contribution in [0.25, 0.3) is 0 Å². The lowest BCUT2D eigenvalue weighted by Crippen LogP contribution is -2.22. The van der Waals surface area contributed by atoms with Crippen molar-refractivity contribution in [1.82, 2.24) is 0 Å². The Kier molecular flexibility index (Phi) is 4.53. The van der Waals surface area contributed by atoms with Crippen LogP contribution in [0.3, 0.4) is 0 Å². The summed E-state index contributed by atoms with van der Waals surface area (Å²) in [4.78, 5) is 11.7. The minimum absolute atomic E-state index is 0.0719. The van der Waals surface area contributed by atoms with Gasteiger partial charge in [0, 0.05) is 6.07 Å². The number of nitrogens with one attached hydrogen (secondary N) is 2. The van der Waals surface area contributed by atoms with E-state index >= 15 is 0 Å². The molecule has 0 aliphatic carbocycles. The first-order valence-electron chi connectivity index (χ1n) is 5.79. The van der Waals surface area contributed by atoms with Gasteiger partial charge in [-0.05, 0) is 24.3 Å². The highest BCUT2D eigenvalue weighted by atomic mass is 35.5. The monoisotopic (exact) mass is 296 g/mol. The first kappa shape index (κ1) is 14.3. The Morgan fingerprint density at radius 3 is 2.55 bits per heavy atom. The molecule has 3 nitrogen and oxygen atoms in total. The first-order chi connectivity index (χ1) is 9.56. The highest BCUT2D eigenvalue weighted by Gasteiger charge is 2.08. The molecule has 2 aromatic rings. The minimum atomic E-state index is -0.823. The van der Waals surface area contributed by atoms with E-state index in [0.29, 0.717) is 16.8 Å². The van der Waals surface area contributed by atoms with E-state index in [1.165, 1.54) is 0 Å². The third-order valence-corrected chi connectivity index (χ3v) is 2.85. The fourth-order valence-electron chi connectivity index (χ4n) is 1.57. The fraction of sp³-hybridized carbons (Fsp3) is 0.0714. The number of rotatable bonds is 4. The normalized spacial score (nSPS) is 10.2. The van der Waals surface area contributed by atoms with Gasteiger partial charge >= 0.3 is 0 Å². The van der Waals surface area contributed by atoms with Crippen LogP contribution in [0.15, 0.2) is 42.5 Å². The van der Waals surface area contributed by atoms with E-state index < -0.39 is 17.5 Å². The van der Waals surface area contributed by atoms with Gasteiger partial charge in [-0.15, -0.1) is 0 Å². The van der Waals surface area contributed by atoms with Crippen molar-refractivity contribution in [3.05, 3.63) is 59.1 Å². The lowest BCUT2D eigenvalue weighted by Gasteiger charge is -2.09. The number of hydrogen-bond acceptors (Lipinski definition) is 2. The molecule has 0 unspecified atom stereocenters. The van der Waals surface area contributed by atoms with Crippen LogP contribution in [0.2, 0.25) is 5.02 Å². The third kappa shape index (κ3) is 3.68. The smallest absolute Gasteiger partial charge is 0.243 e.